The van der Waals surface area contributed by atoms with E-state index < -0.39 is 6.04 Å². The van der Waals surface area contributed by atoms with Crippen LogP contribution in [0.1, 0.15) is 37.5 Å². The third kappa shape index (κ3) is 7.86. The van der Waals surface area contributed by atoms with Gasteiger partial charge in [0.05, 0.1) is 5.75 Å². The third-order valence-corrected chi connectivity index (χ3v) is 6.05. The van der Waals surface area contributed by atoms with Crippen molar-refractivity contribution in [1.82, 2.24) is 10.2 Å². The maximum atomic E-state index is 13.0. The van der Waals surface area contributed by atoms with Gasteiger partial charge in [0.2, 0.25) is 11.8 Å². The van der Waals surface area contributed by atoms with Gasteiger partial charge in [-0.3, -0.25) is 9.59 Å². The topological polar surface area (TPSA) is 49.4 Å². The second-order valence-electron chi connectivity index (χ2n) is 8.06. The molecule has 1 N–H and O–H groups in total. The van der Waals surface area contributed by atoms with Gasteiger partial charge in [0, 0.05) is 18.8 Å². The van der Waals surface area contributed by atoms with Crippen LogP contribution in [0, 0.1) is 12.8 Å². The summed E-state index contributed by atoms with van der Waals surface area (Å²) in [5, 5.41) is 2.97. The van der Waals surface area contributed by atoms with Crippen molar-refractivity contribution in [3.8, 4) is 0 Å². The summed E-state index contributed by atoms with van der Waals surface area (Å²) in [7, 11) is 0. The standard InChI is InChI=1S/C25H34N2O2S/c1-19(2)16-26-25(29)21(4)27(15-14-22-11-6-5-7-12-22)24(28)18-30-17-23-13-9-8-10-20(23)3/h5-13,19,21H,14-18H2,1-4H3,(H,26,29)/t21-/m1/s1. The summed E-state index contributed by atoms with van der Waals surface area (Å²) in [5.41, 5.74) is 3.64. The highest BCUT2D eigenvalue weighted by molar-refractivity contribution is 7.99. The molecule has 2 aromatic rings. The molecule has 0 heterocycles. The van der Waals surface area contributed by atoms with Gasteiger partial charge in [0.15, 0.2) is 0 Å². The van der Waals surface area contributed by atoms with Crippen molar-refractivity contribution < 1.29 is 9.59 Å². The van der Waals surface area contributed by atoms with E-state index in [1.54, 1.807) is 16.7 Å². The van der Waals surface area contributed by atoms with Crippen LogP contribution in [0.5, 0.6) is 0 Å². The van der Waals surface area contributed by atoms with Crippen LogP contribution in [0.25, 0.3) is 0 Å². The largest absolute Gasteiger partial charge is 0.354 e. The number of thioether (sulfide) groups is 1. The van der Waals surface area contributed by atoms with Crippen LogP contribution in [0.15, 0.2) is 54.6 Å². The van der Waals surface area contributed by atoms with Gasteiger partial charge in [-0.25, -0.2) is 0 Å². The Balaban J connectivity index is 1.99. The SMILES string of the molecule is Cc1ccccc1CSCC(=O)N(CCc1ccccc1)[C@H](C)C(=O)NCC(C)C. The van der Waals surface area contributed by atoms with E-state index in [2.05, 4.69) is 50.4 Å². The van der Waals surface area contributed by atoms with Crippen molar-refractivity contribution in [3.63, 3.8) is 0 Å². The van der Waals surface area contributed by atoms with Gasteiger partial charge in [0.25, 0.3) is 0 Å². The lowest BCUT2D eigenvalue weighted by atomic mass is 10.1. The van der Waals surface area contributed by atoms with Crippen molar-refractivity contribution >= 4 is 23.6 Å². The molecule has 0 aliphatic carbocycles. The van der Waals surface area contributed by atoms with Crippen LogP contribution in [-0.2, 0) is 21.8 Å². The van der Waals surface area contributed by atoms with Gasteiger partial charge in [-0.2, -0.15) is 0 Å². The first-order valence-electron chi connectivity index (χ1n) is 10.6. The van der Waals surface area contributed by atoms with Crippen LogP contribution >= 0.6 is 11.8 Å². The highest BCUT2D eigenvalue weighted by Crippen LogP contribution is 2.17. The first-order chi connectivity index (χ1) is 14.4. The van der Waals surface area contributed by atoms with Gasteiger partial charge in [-0.05, 0) is 42.9 Å². The number of nitrogens with one attached hydrogen (secondary N) is 1. The Labute approximate surface area is 185 Å². The lowest BCUT2D eigenvalue weighted by Crippen LogP contribution is -2.50. The molecule has 0 spiro atoms. The number of aryl methyl sites for hydroxylation is 1. The predicted octanol–water partition coefficient (Wildman–Crippen LogP) is 4.46. The molecule has 0 saturated heterocycles. The minimum absolute atomic E-state index is 0.0108. The lowest BCUT2D eigenvalue weighted by Gasteiger charge is -2.29. The highest BCUT2D eigenvalue weighted by atomic mass is 32.2. The lowest BCUT2D eigenvalue weighted by molar-refractivity contribution is -0.138. The monoisotopic (exact) mass is 426 g/mol. The fourth-order valence-electron chi connectivity index (χ4n) is 3.13. The van der Waals surface area contributed by atoms with Crippen LogP contribution in [0.3, 0.4) is 0 Å². The number of hydrogen-bond donors (Lipinski definition) is 1. The number of carbonyl (C=O) groups is 2. The first kappa shape index (κ1) is 24.0. The molecule has 5 heteroatoms. The average molecular weight is 427 g/mol. The van der Waals surface area contributed by atoms with Gasteiger partial charge in [0.1, 0.15) is 6.04 Å². The number of carbonyl (C=O) groups excluding carboxylic acids is 2. The summed E-state index contributed by atoms with van der Waals surface area (Å²) in [5.74, 6) is 1.45. The summed E-state index contributed by atoms with van der Waals surface area (Å²) in [4.78, 5) is 27.4. The summed E-state index contributed by atoms with van der Waals surface area (Å²) in [6.45, 7) is 9.18. The minimum Gasteiger partial charge on any atom is -0.354 e. The molecule has 0 bridgehead atoms. The molecule has 30 heavy (non-hydrogen) atoms. The molecule has 0 aliphatic rings. The fourth-order valence-corrected chi connectivity index (χ4v) is 4.11. The van der Waals surface area contributed by atoms with E-state index in [4.69, 9.17) is 0 Å². The van der Waals surface area contributed by atoms with Gasteiger partial charge < -0.3 is 10.2 Å². The predicted molar refractivity (Wildman–Crippen MR) is 127 cm³/mol. The average Bonchev–Trinajstić information content (AvgIpc) is 2.74. The zero-order valence-corrected chi connectivity index (χ0v) is 19.4. The molecule has 0 aromatic heterocycles. The van der Waals surface area contributed by atoms with Crippen molar-refractivity contribution in [2.75, 3.05) is 18.8 Å². The van der Waals surface area contributed by atoms with E-state index in [9.17, 15) is 9.59 Å². The molecule has 0 aliphatic heterocycles. The van der Waals surface area contributed by atoms with E-state index in [1.807, 2.05) is 37.3 Å². The second-order valence-corrected chi connectivity index (χ2v) is 9.04. The van der Waals surface area contributed by atoms with Crippen LogP contribution in [0.2, 0.25) is 0 Å². The molecular weight excluding hydrogens is 392 g/mol. The quantitative estimate of drug-likeness (QED) is 0.577. The number of amides is 2. The zero-order valence-electron chi connectivity index (χ0n) is 18.6. The maximum Gasteiger partial charge on any atom is 0.242 e. The van der Waals surface area contributed by atoms with E-state index in [1.165, 1.54) is 11.1 Å². The zero-order chi connectivity index (χ0) is 21.9. The molecule has 2 amide bonds. The van der Waals surface area contributed by atoms with Crippen molar-refractivity contribution in [2.45, 2.75) is 45.9 Å². The number of nitrogens with zero attached hydrogens (tertiary/aromatic N) is 1. The first-order valence-corrected chi connectivity index (χ1v) is 11.8. The van der Waals surface area contributed by atoms with E-state index in [-0.39, 0.29) is 11.8 Å². The fraction of sp³-hybridized carbons (Fsp3) is 0.440. The Kier molecular flexibility index (Phi) is 9.95. The van der Waals surface area contributed by atoms with E-state index in [0.29, 0.717) is 24.8 Å². The maximum absolute atomic E-state index is 13.0. The molecule has 162 valence electrons. The highest BCUT2D eigenvalue weighted by Gasteiger charge is 2.25. The molecule has 0 saturated carbocycles. The molecule has 0 fully saturated rings. The summed E-state index contributed by atoms with van der Waals surface area (Å²) < 4.78 is 0. The number of rotatable bonds is 11. The van der Waals surface area contributed by atoms with Crippen molar-refractivity contribution in [2.24, 2.45) is 5.92 Å². The summed E-state index contributed by atoms with van der Waals surface area (Å²) in [6, 6.07) is 17.8. The Morgan fingerprint density at radius 2 is 1.67 bits per heavy atom. The van der Waals surface area contributed by atoms with Crippen LogP contribution in [0.4, 0.5) is 0 Å². The van der Waals surface area contributed by atoms with Gasteiger partial charge in [-0.15, -0.1) is 11.8 Å². The summed E-state index contributed by atoms with van der Waals surface area (Å²) in [6.07, 6.45) is 0.733. The van der Waals surface area contributed by atoms with Crippen molar-refractivity contribution in [3.05, 3.63) is 71.3 Å². The minimum atomic E-state index is -0.487. The third-order valence-electron chi connectivity index (χ3n) is 5.08. The Bertz CT molecular complexity index is 808. The Hall–Kier alpha value is -2.27. The number of hydrogen-bond acceptors (Lipinski definition) is 3. The number of benzene rings is 2. The molecule has 0 radical (unpaired) electrons. The molecule has 2 rings (SSSR count). The van der Waals surface area contributed by atoms with Gasteiger partial charge >= 0.3 is 0 Å². The smallest absolute Gasteiger partial charge is 0.242 e. The Morgan fingerprint density at radius 3 is 2.33 bits per heavy atom. The Morgan fingerprint density at radius 1 is 1.00 bits per heavy atom. The second kappa shape index (κ2) is 12.4. The van der Waals surface area contributed by atoms with Gasteiger partial charge in [-0.1, -0.05) is 68.4 Å². The van der Waals surface area contributed by atoms with E-state index >= 15 is 0 Å². The normalized spacial score (nSPS) is 11.9. The molecule has 1 atom stereocenters. The molecule has 4 nitrogen and oxygen atoms in total. The van der Waals surface area contributed by atoms with Crippen LogP contribution < -0.4 is 5.32 Å². The molecule has 0 unspecified atom stereocenters. The summed E-state index contributed by atoms with van der Waals surface area (Å²) >= 11 is 1.60. The van der Waals surface area contributed by atoms with Crippen LogP contribution in [-0.4, -0.2) is 41.6 Å². The molecular formula is C25H34N2O2S. The van der Waals surface area contributed by atoms with E-state index in [0.717, 1.165) is 17.7 Å². The van der Waals surface area contributed by atoms with Crippen molar-refractivity contribution in [1.29, 1.82) is 0 Å². The molecule has 2 aromatic carbocycles.